The summed E-state index contributed by atoms with van der Waals surface area (Å²) in [4.78, 5) is 6.55. The molecule has 0 radical (unpaired) electrons. The van der Waals surface area contributed by atoms with Gasteiger partial charge in [0.05, 0.1) is 7.11 Å². The molecular weight excluding hydrogens is 352 g/mol. The molecule has 0 aliphatic carbocycles. The monoisotopic (exact) mass is 376 g/mol. The van der Waals surface area contributed by atoms with Gasteiger partial charge in [-0.05, 0) is 35.7 Å². The van der Waals surface area contributed by atoms with E-state index in [0.29, 0.717) is 0 Å². The highest BCUT2D eigenvalue weighted by Gasteiger charge is 2.19. The molecule has 144 valence electrons. The molecule has 0 bridgehead atoms. The van der Waals surface area contributed by atoms with E-state index in [4.69, 9.17) is 14.2 Å². The Hall–Kier alpha value is -3.05. The molecule has 0 N–H and O–H groups in total. The zero-order chi connectivity index (χ0) is 19.2. The van der Waals surface area contributed by atoms with Crippen molar-refractivity contribution in [2.24, 2.45) is 0 Å². The van der Waals surface area contributed by atoms with Crippen molar-refractivity contribution in [1.29, 1.82) is 0 Å². The first-order valence-corrected chi connectivity index (χ1v) is 9.43. The van der Waals surface area contributed by atoms with E-state index < -0.39 is 0 Å². The van der Waals surface area contributed by atoms with Crippen LogP contribution in [-0.2, 0) is 19.5 Å². The topological polar surface area (TPSA) is 43.8 Å². The Bertz CT molecular complexity index is 900. The van der Waals surface area contributed by atoms with Crippen LogP contribution in [0.1, 0.15) is 16.7 Å². The van der Waals surface area contributed by atoms with Crippen molar-refractivity contribution >= 4 is 0 Å². The van der Waals surface area contributed by atoms with Crippen LogP contribution in [0.4, 0.5) is 0 Å². The van der Waals surface area contributed by atoms with E-state index in [1.165, 1.54) is 11.1 Å². The highest BCUT2D eigenvalue weighted by Crippen LogP contribution is 2.38. The van der Waals surface area contributed by atoms with Crippen molar-refractivity contribution < 1.29 is 14.2 Å². The Balaban J connectivity index is 1.54. The second-order valence-electron chi connectivity index (χ2n) is 6.82. The minimum atomic E-state index is 0.261. The summed E-state index contributed by atoms with van der Waals surface area (Å²) in [5.41, 5.74) is 3.66. The summed E-state index contributed by atoms with van der Waals surface area (Å²) in [6.07, 6.45) is 4.66. The second kappa shape index (κ2) is 8.76. The van der Waals surface area contributed by atoms with Crippen LogP contribution in [0.3, 0.4) is 0 Å². The van der Waals surface area contributed by atoms with Crippen LogP contribution >= 0.6 is 0 Å². The van der Waals surface area contributed by atoms with E-state index in [-0.39, 0.29) is 6.79 Å². The maximum Gasteiger partial charge on any atom is 0.231 e. The van der Waals surface area contributed by atoms with Crippen LogP contribution < -0.4 is 14.2 Å². The largest absolute Gasteiger partial charge is 0.496 e. The standard InChI is InChI=1S/C23H24N2O3/c1-26-21-14-23-22(27-17-28-23)13-20(21)16-25(15-19-7-10-24-11-8-19)12-9-18-5-3-2-4-6-18/h2-8,10-11,13-14H,9,12,15-17H2,1H3. The number of rotatable bonds is 8. The molecule has 0 saturated heterocycles. The van der Waals surface area contributed by atoms with Crippen molar-refractivity contribution in [1.82, 2.24) is 9.88 Å². The van der Waals surface area contributed by atoms with E-state index >= 15 is 0 Å². The smallest absolute Gasteiger partial charge is 0.231 e. The van der Waals surface area contributed by atoms with E-state index in [1.54, 1.807) is 7.11 Å². The van der Waals surface area contributed by atoms with Gasteiger partial charge in [0.2, 0.25) is 6.79 Å². The molecule has 4 rings (SSSR count). The van der Waals surface area contributed by atoms with Gasteiger partial charge in [-0.2, -0.15) is 0 Å². The third-order valence-electron chi connectivity index (χ3n) is 4.88. The predicted octanol–water partition coefficient (Wildman–Crippen LogP) is 4.06. The van der Waals surface area contributed by atoms with Gasteiger partial charge in [0.1, 0.15) is 5.75 Å². The van der Waals surface area contributed by atoms with Gasteiger partial charge in [-0.15, -0.1) is 0 Å². The number of hydrogen-bond acceptors (Lipinski definition) is 5. The van der Waals surface area contributed by atoms with Crippen LogP contribution in [0.15, 0.2) is 67.0 Å². The average Bonchev–Trinajstić information content (AvgIpc) is 3.20. The molecule has 5 nitrogen and oxygen atoms in total. The highest BCUT2D eigenvalue weighted by atomic mass is 16.7. The van der Waals surface area contributed by atoms with Crippen molar-refractivity contribution in [2.45, 2.75) is 19.5 Å². The summed E-state index contributed by atoms with van der Waals surface area (Å²) in [5.74, 6) is 2.34. The zero-order valence-electron chi connectivity index (χ0n) is 16.0. The molecule has 5 heteroatoms. The van der Waals surface area contributed by atoms with E-state index in [2.05, 4.69) is 52.3 Å². The van der Waals surface area contributed by atoms with Crippen LogP contribution in [0.2, 0.25) is 0 Å². The van der Waals surface area contributed by atoms with Crippen LogP contribution in [0.25, 0.3) is 0 Å². The van der Waals surface area contributed by atoms with E-state index in [0.717, 1.165) is 48.9 Å². The molecule has 1 aromatic heterocycles. The molecule has 28 heavy (non-hydrogen) atoms. The lowest BCUT2D eigenvalue weighted by atomic mass is 10.1. The number of hydrogen-bond donors (Lipinski definition) is 0. The normalized spacial score (nSPS) is 12.4. The molecule has 1 aliphatic heterocycles. The lowest BCUT2D eigenvalue weighted by Crippen LogP contribution is -2.25. The number of ether oxygens (including phenoxy) is 3. The zero-order valence-corrected chi connectivity index (χ0v) is 16.0. The minimum absolute atomic E-state index is 0.261. The van der Waals surface area contributed by atoms with Gasteiger partial charge in [0, 0.05) is 43.7 Å². The third-order valence-corrected chi connectivity index (χ3v) is 4.88. The van der Waals surface area contributed by atoms with Crippen molar-refractivity contribution in [3.63, 3.8) is 0 Å². The SMILES string of the molecule is COc1cc2c(cc1CN(CCc1ccccc1)Cc1ccncc1)OCO2. The highest BCUT2D eigenvalue weighted by molar-refractivity contribution is 5.51. The van der Waals surface area contributed by atoms with Crippen LogP contribution in [0, 0.1) is 0 Å². The van der Waals surface area contributed by atoms with Crippen molar-refractivity contribution in [3.05, 3.63) is 83.7 Å². The van der Waals surface area contributed by atoms with Crippen molar-refractivity contribution in [2.75, 3.05) is 20.4 Å². The van der Waals surface area contributed by atoms with Gasteiger partial charge in [-0.1, -0.05) is 30.3 Å². The Morgan fingerprint density at radius 3 is 2.43 bits per heavy atom. The summed E-state index contributed by atoms with van der Waals surface area (Å²) in [7, 11) is 1.69. The molecule has 0 fully saturated rings. The Labute approximate surface area is 165 Å². The summed E-state index contributed by atoms with van der Waals surface area (Å²) in [5, 5.41) is 0. The van der Waals surface area contributed by atoms with Crippen LogP contribution in [0.5, 0.6) is 17.2 Å². The fourth-order valence-electron chi connectivity index (χ4n) is 3.41. The second-order valence-corrected chi connectivity index (χ2v) is 6.82. The fourth-order valence-corrected chi connectivity index (χ4v) is 3.41. The Kier molecular flexibility index (Phi) is 5.73. The molecule has 2 heterocycles. The first-order chi connectivity index (χ1) is 13.8. The van der Waals surface area contributed by atoms with Crippen molar-refractivity contribution in [3.8, 4) is 17.2 Å². The lowest BCUT2D eigenvalue weighted by molar-refractivity contribution is 0.173. The number of benzene rings is 2. The Morgan fingerprint density at radius 1 is 0.929 bits per heavy atom. The molecule has 0 unspecified atom stereocenters. The lowest BCUT2D eigenvalue weighted by Gasteiger charge is -2.24. The number of methoxy groups -OCH3 is 1. The maximum absolute atomic E-state index is 5.61. The summed E-state index contributed by atoms with van der Waals surface area (Å²) in [6, 6.07) is 18.6. The molecule has 0 spiro atoms. The van der Waals surface area contributed by atoms with E-state index in [1.807, 2.05) is 24.5 Å². The van der Waals surface area contributed by atoms with Gasteiger partial charge < -0.3 is 14.2 Å². The minimum Gasteiger partial charge on any atom is -0.496 e. The molecule has 0 saturated carbocycles. The number of nitrogens with zero attached hydrogens (tertiary/aromatic N) is 2. The number of aromatic nitrogens is 1. The summed E-state index contributed by atoms with van der Waals surface area (Å²) < 4.78 is 16.7. The average molecular weight is 376 g/mol. The van der Waals surface area contributed by atoms with Crippen LogP contribution in [-0.4, -0.2) is 30.3 Å². The summed E-state index contributed by atoms with van der Waals surface area (Å²) >= 11 is 0. The predicted molar refractivity (Wildman–Crippen MR) is 108 cm³/mol. The van der Waals surface area contributed by atoms with Gasteiger partial charge >= 0.3 is 0 Å². The quantitative estimate of drug-likeness (QED) is 0.593. The number of pyridine rings is 1. The molecular formula is C23H24N2O3. The summed E-state index contributed by atoms with van der Waals surface area (Å²) in [6.45, 7) is 2.79. The van der Waals surface area contributed by atoms with Gasteiger partial charge in [0.25, 0.3) is 0 Å². The third kappa shape index (κ3) is 4.43. The number of fused-ring (bicyclic) bond motifs is 1. The first kappa shape index (κ1) is 18.3. The molecule has 2 aromatic carbocycles. The molecule has 0 atom stereocenters. The molecule has 0 amide bonds. The maximum atomic E-state index is 5.61. The van der Waals surface area contributed by atoms with Gasteiger partial charge in [-0.25, -0.2) is 0 Å². The molecule has 3 aromatic rings. The van der Waals surface area contributed by atoms with Gasteiger partial charge in [-0.3, -0.25) is 9.88 Å². The van der Waals surface area contributed by atoms with E-state index in [9.17, 15) is 0 Å². The fraction of sp³-hybridized carbons (Fsp3) is 0.261. The molecule has 1 aliphatic rings. The Morgan fingerprint density at radius 2 is 1.68 bits per heavy atom. The van der Waals surface area contributed by atoms with Gasteiger partial charge in [0.15, 0.2) is 11.5 Å². The first-order valence-electron chi connectivity index (χ1n) is 9.43.